The van der Waals surface area contributed by atoms with Crippen LogP contribution in [0.5, 0.6) is 0 Å². The summed E-state index contributed by atoms with van der Waals surface area (Å²) in [5, 5.41) is 8.28. The van der Waals surface area contributed by atoms with E-state index >= 15 is 0 Å². The third kappa shape index (κ3) is 12.5. The van der Waals surface area contributed by atoms with Crippen molar-refractivity contribution in [2.24, 2.45) is 0 Å². The summed E-state index contributed by atoms with van der Waals surface area (Å²) in [5.41, 5.74) is 3.76. The molecule has 4 nitrogen and oxygen atoms in total. The summed E-state index contributed by atoms with van der Waals surface area (Å²) in [6.07, 6.45) is 10.2. The number of aliphatic carboxylic acids is 1. The van der Waals surface area contributed by atoms with Gasteiger partial charge in [-0.2, -0.15) is 0 Å². The Bertz CT molecular complexity index is 907. The second-order valence-corrected chi connectivity index (χ2v) is 6.73. The van der Waals surface area contributed by atoms with Gasteiger partial charge in [-0.1, -0.05) is 104 Å². The Balaban J connectivity index is 0.000000318. The molecule has 0 saturated heterocycles. The molecule has 0 amide bonds. The van der Waals surface area contributed by atoms with Crippen LogP contribution in [-0.2, 0) is 14.3 Å². The second kappa shape index (κ2) is 15.2. The minimum atomic E-state index is -1.12. The van der Waals surface area contributed by atoms with Gasteiger partial charge in [0.05, 0.1) is 12.2 Å². The first kappa shape index (κ1) is 25.4. The van der Waals surface area contributed by atoms with E-state index in [9.17, 15) is 9.59 Å². The molecular formula is C27H30O4. The maximum absolute atomic E-state index is 11.1. The molecule has 0 heterocycles. The lowest BCUT2D eigenvalue weighted by molar-refractivity contribution is -0.138. The van der Waals surface area contributed by atoms with E-state index in [0.717, 1.165) is 25.0 Å². The van der Waals surface area contributed by atoms with E-state index in [0.29, 0.717) is 6.61 Å². The SMILES string of the molecule is C=C(C=CC(=O)O)C(=O)OCCCC.CC(C=Cc1ccccc1)=Cc1ccccc1. The summed E-state index contributed by atoms with van der Waals surface area (Å²) in [6.45, 7) is 7.82. The Labute approximate surface area is 184 Å². The molecule has 4 heteroatoms. The monoisotopic (exact) mass is 418 g/mol. The lowest BCUT2D eigenvalue weighted by atomic mass is 10.1. The number of hydrogen-bond acceptors (Lipinski definition) is 3. The largest absolute Gasteiger partial charge is 0.478 e. The van der Waals surface area contributed by atoms with Gasteiger partial charge in [0.2, 0.25) is 0 Å². The first-order valence-corrected chi connectivity index (χ1v) is 10.2. The van der Waals surface area contributed by atoms with Gasteiger partial charge in [-0.3, -0.25) is 0 Å². The number of unbranched alkanes of at least 4 members (excludes halogenated alkanes) is 1. The highest BCUT2D eigenvalue weighted by atomic mass is 16.5. The predicted octanol–water partition coefficient (Wildman–Crippen LogP) is 6.33. The topological polar surface area (TPSA) is 63.6 Å². The van der Waals surface area contributed by atoms with Gasteiger partial charge in [-0.15, -0.1) is 0 Å². The van der Waals surface area contributed by atoms with E-state index in [4.69, 9.17) is 9.84 Å². The molecule has 2 aromatic rings. The molecule has 0 bridgehead atoms. The highest BCUT2D eigenvalue weighted by molar-refractivity contribution is 5.93. The molecule has 2 rings (SSSR count). The van der Waals surface area contributed by atoms with Crippen molar-refractivity contribution >= 4 is 24.1 Å². The molecule has 1 N–H and O–H groups in total. The van der Waals surface area contributed by atoms with Gasteiger partial charge in [0.25, 0.3) is 0 Å². The van der Waals surface area contributed by atoms with Crippen LogP contribution in [-0.4, -0.2) is 23.7 Å². The summed E-state index contributed by atoms with van der Waals surface area (Å²) < 4.78 is 4.79. The molecule has 31 heavy (non-hydrogen) atoms. The van der Waals surface area contributed by atoms with E-state index < -0.39 is 11.9 Å². The fourth-order valence-electron chi connectivity index (χ4n) is 2.29. The molecule has 0 aliphatic carbocycles. The van der Waals surface area contributed by atoms with Crippen LogP contribution in [0.2, 0.25) is 0 Å². The molecule has 2 aromatic carbocycles. The van der Waals surface area contributed by atoms with E-state index in [2.05, 4.69) is 80.3 Å². The molecule has 0 aliphatic heterocycles. The highest BCUT2D eigenvalue weighted by Crippen LogP contribution is 2.09. The summed E-state index contributed by atoms with van der Waals surface area (Å²) in [7, 11) is 0. The minimum absolute atomic E-state index is 0.0449. The Kier molecular flexibility index (Phi) is 12.5. The van der Waals surface area contributed by atoms with E-state index in [1.807, 2.05) is 19.1 Å². The van der Waals surface area contributed by atoms with Crippen LogP contribution in [0.25, 0.3) is 12.2 Å². The Morgan fingerprint density at radius 2 is 1.52 bits per heavy atom. The molecule has 0 unspecified atom stereocenters. The zero-order valence-electron chi connectivity index (χ0n) is 18.2. The van der Waals surface area contributed by atoms with Gasteiger partial charge in [0.1, 0.15) is 0 Å². The van der Waals surface area contributed by atoms with Gasteiger partial charge in [0, 0.05) is 6.08 Å². The molecule has 0 radical (unpaired) electrons. The van der Waals surface area contributed by atoms with Crippen molar-refractivity contribution in [2.45, 2.75) is 26.7 Å². The van der Waals surface area contributed by atoms with Crippen molar-refractivity contribution in [3.8, 4) is 0 Å². The first-order valence-electron chi connectivity index (χ1n) is 10.2. The number of carboxylic acids is 1. The summed E-state index contributed by atoms with van der Waals surface area (Å²) in [6, 6.07) is 20.7. The van der Waals surface area contributed by atoms with Crippen LogP contribution < -0.4 is 0 Å². The minimum Gasteiger partial charge on any atom is -0.478 e. The van der Waals surface area contributed by atoms with Crippen molar-refractivity contribution in [3.05, 3.63) is 108 Å². The zero-order chi connectivity index (χ0) is 22.9. The van der Waals surface area contributed by atoms with Crippen molar-refractivity contribution < 1.29 is 19.4 Å². The molecule has 162 valence electrons. The van der Waals surface area contributed by atoms with Gasteiger partial charge >= 0.3 is 11.9 Å². The third-order valence-electron chi connectivity index (χ3n) is 3.95. The Morgan fingerprint density at radius 1 is 0.935 bits per heavy atom. The highest BCUT2D eigenvalue weighted by Gasteiger charge is 2.04. The van der Waals surface area contributed by atoms with Crippen LogP contribution in [0.15, 0.2) is 96.6 Å². The summed E-state index contributed by atoms with van der Waals surface area (Å²) in [4.78, 5) is 21.2. The van der Waals surface area contributed by atoms with Crippen LogP contribution in [0.1, 0.15) is 37.8 Å². The van der Waals surface area contributed by atoms with Gasteiger partial charge in [-0.05, 0) is 30.5 Å². The zero-order valence-corrected chi connectivity index (χ0v) is 18.2. The maximum Gasteiger partial charge on any atom is 0.337 e. The normalized spacial score (nSPS) is 11.1. The quantitative estimate of drug-likeness (QED) is 0.224. The van der Waals surface area contributed by atoms with Crippen LogP contribution in [0.4, 0.5) is 0 Å². The number of allylic oxidation sites excluding steroid dienone is 2. The lowest BCUT2D eigenvalue weighted by Crippen LogP contribution is -2.07. The average molecular weight is 419 g/mol. The van der Waals surface area contributed by atoms with E-state index in [1.54, 1.807) is 0 Å². The summed E-state index contributed by atoms with van der Waals surface area (Å²) >= 11 is 0. The standard InChI is InChI=1S/C17H16.C10H14O4/c1-15(14-17-10-6-3-7-11-17)12-13-16-8-4-2-5-9-16;1-3-4-7-14-10(13)8(2)5-6-9(11)12/h2-14H,1H3;5-6H,2-4,7H2,1H3,(H,11,12). The molecule has 0 fully saturated rings. The van der Waals surface area contributed by atoms with Crippen molar-refractivity contribution in [1.82, 2.24) is 0 Å². The summed E-state index contributed by atoms with van der Waals surface area (Å²) in [5.74, 6) is -1.69. The molecule has 0 aromatic heterocycles. The van der Waals surface area contributed by atoms with Gasteiger partial charge < -0.3 is 9.84 Å². The van der Waals surface area contributed by atoms with Crippen molar-refractivity contribution in [1.29, 1.82) is 0 Å². The van der Waals surface area contributed by atoms with Crippen LogP contribution in [0, 0.1) is 0 Å². The second-order valence-electron chi connectivity index (χ2n) is 6.73. The average Bonchev–Trinajstić information content (AvgIpc) is 2.78. The molecule has 0 aliphatic rings. The molecule has 0 spiro atoms. The number of rotatable bonds is 9. The maximum atomic E-state index is 11.1. The van der Waals surface area contributed by atoms with E-state index in [-0.39, 0.29) is 5.57 Å². The van der Waals surface area contributed by atoms with Crippen molar-refractivity contribution in [2.75, 3.05) is 6.61 Å². The fourth-order valence-corrected chi connectivity index (χ4v) is 2.29. The van der Waals surface area contributed by atoms with Gasteiger partial charge in [0.15, 0.2) is 0 Å². The lowest BCUT2D eigenvalue weighted by Gasteiger charge is -2.02. The predicted molar refractivity (Wildman–Crippen MR) is 127 cm³/mol. The van der Waals surface area contributed by atoms with E-state index in [1.165, 1.54) is 16.7 Å². The number of hydrogen-bond donors (Lipinski definition) is 1. The first-order chi connectivity index (χ1) is 14.9. The van der Waals surface area contributed by atoms with Gasteiger partial charge in [-0.25, -0.2) is 9.59 Å². The number of carbonyl (C=O) groups excluding carboxylic acids is 1. The molecule has 0 atom stereocenters. The number of esters is 1. The number of benzene rings is 2. The van der Waals surface area contributed by atoms with Crippen LogP contribution in [0.3, 0.4) is 0 Å². The fraction of sp³-hybridized carbons (Fsp3) is 0.185. The Morgan fingerprint density at radius 3 is 2.06 bits per heavy atom. The molecular weight excluding hydrogens is 388 g/mol. The number of carboxylic acid groups (broad SMARTS) is 1. The van der Waals surface area contributed by atoms with Crippen molar-refractivity contribution in [3.63, 3.8) is 0 Å². The smallest absolute Gasteiger partial charge is 0.337 e. The number of ether oxygens (including phenoxy) is 1. The molecule has 0 saturated carbocycles. The van der Waals surface area contributed by atoms with Crippen LogP contribution >= 0.6 is 0 Å². The number of carbonyl (C=O) groups is 2. The third-order valence-corrected chi connectivity index (χ3v) is 3.95. The Hall–Kier alpha value is -3.66.